The molecule has 2 N–H and O–H groups in total. The summed E-state index contributed by atoms with van der Waals surface area (Å²) < 4.78 is 7.25. The van der Waals surface area contributed by atoms with E-state index < -0.39 is 0 Å². The number of nitrogens with zero attached hydrogens (tertiary/aromatic N) is 4. The van der Waals surface area contributed by atoms with Crippen LogP contribution in [0, 0.1) is 6.92 Å². The SMILES string of the molecule is Cc1ccc(O)c(CN2CCO[C@H](CNc3nccn(C)c3=O)C2)n1. The van der Waals surface area contributed by atoms with E-state index in [0.29, 0.717) is 37.8 Å². The van der Waals surface area contributed by atoms with E-state index in [1.165, 1.54) is 4.57 Å². The minimum atomic E-state index is -0.163. The van der Waals surface area contributed by atoms with Crippen LogP contribution >= 0.6 is 0 Å². The Balaban J connectivity index is 1.58. The molecule has 1 aliphatic heterocycles. The highest BCUT2D eigenvalue weighted by atomic mass is 16.5. The molecule has 0 aromatic carbocycles. The molecule has 25 heavy (non-hydrogen) atoms. The molecule has 8 heteroatoms. The third-order valence-corrected chi connectivity index (χ3v) is 4.20. The lowest BCUT2D eigenvalue weighted by atomic mass is 10.2. The standard InChI is InChI=1S/C17H23N5O3/c1-12-3-4-15(23)14(20-12)11-22-7-8-25-13(10-22)9-19-16-17(24)21(2)6-5-18-16/h3-6,13,23H,7-11H2,1-2H3,(H,18,19)/t13-/m1/s1. The molecule has 3 rings (SSSR count). The van der Waals surface area contributed by atoms with Crippen molar-refractivity contribution in [3.8, 4) is 5.75 Å². The van der Waals surface area contributed by atoms with Gasteiger partial charge >= 0.3 is 0 Å². The van der Waals surface area contributed by atoms with Crippen molar-refractivity contribution in [3.05, 3.63) is 46.3 Å². The second-order valence-electron chi connectivity index (χ2n) is 6.22. The maximum absolute atomic E-state index is 12.0. The predicted molar refractivity (Wildman–Crippen MR) is 93.6 cm³/mol. The number of aromatic nitrogens is 3. The Kier molecular flexibility index (Phi) is 5.30. The van der Waals surface area contributed by atoms with Gasteiger partial charge < -0.3 is 19.7 Å². The molecule has 0 amide bonds. The van der Waals surface area contributed by atoms with Crippen LogP contribution in [0.15, 0.2) is 29.3 Å². The summed E-state index contributed by atoms with van der Waals surface area (Å²) in [6, 6.07) is 3.46. The fourth-order valence-electron chi connectivity index (χ4n) is 2.81. The number of hydrogen-bond acceptors (Lipinski definition) is 7. The zero-order valence-corrected chi connectivity index (χ0v) is 14.5. The number of nitrogens with one attached hydrogen (secondary N) is 1. The first-order valence-corrected chi connectivity index (χ1v) is 8.28. The molecule has 0 saturated carbocycles. The molecule has 0 spiro atoms. The van der Waals surface area contributed by atoms with Crippen molar-refractivity contribution in [2.24, 2.45) is 7.05 Å². The fourth-order valence-corrected chi connectivity index (χ4v) is 2.81. The first kappa shape index (κ1) is 17.4. The Bertz CT molecular complexity index is 792. The largest absolute Gasteiger partial charge is 0.506 e. The number of morpholine rings is 1. The van der Waals surface area contributed by atoms with Gasteiger partial charge in [0.25, 0.3) is 5.56 Å². The molecule has 1 saturated heterocycles. The van der Waals surface area contributed by atoms with Gasteiger partial charge in [-0.2, -0.15) is 0 Å². The number of ether oxygens (including phenoxy) is 1. The smallest absolute Gasteiger partial charge is 0.293 e. The van der Waals surface area contributed by atoms with Crippen molar-refractivity contribution in [3.63, 3.8) is 0 Å². The number of aromatic hydroxyl groups is 1. The highest BCUT2D eigenvalue weighted by Crippen LogP contribution is 2.18. The van der Waals surface area contributed by atoms with Crippen molar-refractivity contribution >= 4 is 5.82 Å². The highest BCUT2D eigenvalue weighted by Gasteiger charge is 2.22. The maximum Gasteiger partial charge on any atom is 0.293 e. The summed E-state index contributed by atoms with van der Waals surface area (Å²) in [4.78, 5) is 22.6. The third-order valence-electron chi connectivity index (χ3n) is 4.20. The molecule has 3 heterocycles. The Morgan fingerprint density at radius 2 is 2.28 bits per heavy atom. The van der Waals surface area contributed by atoms with Crippen LogP contribution < -0.4 is 10.9 Å². The van der Waals surface area contributed by atoms with Gasteiger partial charge in [0.05, 0.1) is 18.4 Å². The second-order valence-corrected chi connectivity index (χ2v) is 6.22. The minimum absolute atomic E-state index is 0.0626. The van der Waals surface area contributed by atoms with Gasteiger partial charge in [-0.25, -0.2) is 4.98 Å². The summed E-state index contributed by atoms with van der Waals surface area (Å²) in [5.41, 5.74) is 1.39. The second kappa shape index (κ2) is 7.62. The Labute approximate surface area is 146 Å². The van der Waals surface area contributed by atoms with E-state index in [-0.39, 0.29) is 17.4 Å². The fraction of sp³-hybridized carbons (Fsp3) is 0.471. The number of hydrogen-bond donors (Lipinski definition) is 2. The number of aryl methyl sites for hydroxylation is 2. The monoisotopic (exact) mass is 345 g/mol. The Hall–Kier alpha value is -2.45. The lowest BCUT2D eigenvalue weighted by Crippen LogP contribution is -2.45. The van der Waals surface area contributed by atoms with Gasteiger partial charge in [-0.3, -0.25) is 14.7 Å². The van der Waals surface area contributed by atoms with Crippen molar-refractivity contribution in [1.82, 2.24) is 19.4 Å². The molecule has 134 valence electrons. The van der Waals surface area contributed by atoms with Crippen molar-refractivity contribution in [2.45, 2.75) is 19.6 Å². The summed E-state index contributed by atoms with van der Waals surface area (Å²) in [5.74, 6) is 0.535. The van der Waals surface area contributed by atoms with Gasteiger partial charge in [0.15, 0.2) is 5.82 Å². The van der Waals surface area contributed by atoms with Crippen molar-refractivity contribution in [1.29, 1.82) is 0 Å². The molecule has 8 nitrogen and oxygen atoms in total. The van der Waals surface area contributed by atoms with Crippen LogP contribution in [0.4, 0.5) is 5.82 Å². The van der Waals surface area contributed by atoms with Gasteiger partial charge in [0.2, 0.25) is 0 Å². The lowest BCUT2D eigenvalue weighted by Gasteiger charge is -2.32. The molecule has 0 bridgehead atoms. The number of anilines is 1. The lowest BCUT2D eigenvalue weighted by molar-refractivity contribution is -0.0246. The molecular formula is C17H23N5O3. The van der Waals surface area contributed by atoms with E-state index in [4.69, 9.17) is 4.74 Å². The van der Waals surface area contributed by atoms with Crippen LogP contribution in [0.1, 0.15) is 11.4 Å². The Morgan fingerprint density at radius 1 is 1.44 bits per heavy atom. The summed E-state index contributed by atoms with van der Waals surface area (Å²) in [7, 11) is 1.69. The van der Waals surface area contributed by atoms with Crippen molar-refractivity contribution < 1.29 is 9.84 Å². The van der Waals surface area contributed by atoms with Gasteiger partial charge in [0.1, 0.15) is 5.75 Å². The van der Waals surface area contributed by atoms with E-state index in [1.807, 2.05) is 6.92 Å². The number of pyridine rings is 1. The van der Waals surface area contributed by atoms with E-state index in [9.17, 15) is 9.90 Å². The molecule has 1 atom stereocenters. The average Bonchev–Trinajstić information content (AvgIpc) is 2.60. The molecular weight excluding hydrogens is 322 g/mol. The molecule has 2 aromatic rings. The van der Waals surface area contributed by atoms with Crippen molar-refractivity contribution in [2.75, 3.05) is 31.6 Å². The zero-order chi connectivity index (χ0) is 17.8. The van der Waals surface area contributed by atoms with Crippen LogP contribution in [-0.4, -0.2) is 56.9 Å². The van der Waals surface area contributed by atoms with E-state index in [1.54, 1.807) is 31.6 Å². The summed E-state index contributed by atoms with van der Waals surface area (Å²) in [5, 5.41) is 13.0. The first-order chi connectivity index (χ1) is 12.0. The van der Waals surface area contributed by atoms with E-state index in [0.717, 1.165) is 12.2 Å². The van der Waals surface area contributed by atoms with Crippen LogP contribution in [-0.2, 0) is 18.3 Å². The maximum atomic E-state index is 12.0. The summed E-state index contributed by atoms with van der Waals surface area (Å²) >= 11 is 0. The molecule has 1 aliphatic rings. The van der Waals surface area contributed by atoms with E-state index >= 15 is 0 Å². The average molecular weight is 345 g/mol. The van der Waals surface area contributed by atoms with Crippen LogP contribution in [0.2, 0.25) is 0 Å². The number of rotatable bonds is 5. The van der Waals surface area contributed by atoms with Crippen LogP contribution in [0.3, 0.4) is 0 Å². The van der Waals surface area contributed by atoms with E-state index in [2.05, 4.69) is 20.2 Å². The third kappa shape index (κ3) is 4.34. The minimum Gasteiger partial charge on any atom is -0.506 e. The Morgan fingerprint density at radius 3 is 3.12 bits per heavy atom. The van der Waals surface area contributed by atoms with Gasteiger partial charge in [-0.1, -0.05) is 0 Å². The zero-order valence-electron chi connectivity index (χ0n) is 14.5. The van der Waals surface area contributed by atoms with Gasteiger partial charge in [-0.05, 0) is 19.1 Å². The topological polar surface area (TPSA) is 92.5 Å². The normalized spacial score (nSPS) is 18.2. The summed E-state index contributed by atoms with van der Waals surface area (Å²) in [6.07, 6.45) is 3.14. The molecule has 2 aromatic heterocycles. The highest BCUT2D eigenvalue weighted by molar-refractivity contribution is 5.31. The molecule has 0 unspecified atom stereocenters. The van der Waals surface area contributed by atoms with Crippen LogP contribution in [0.5, 0.6) is 5.75 Å². The molecule has 1 fully saturated rings. The van der Waals surface area contributed by atoms with Crippen LogP contribution in [0.25, 0.3) is 0 Å². The molecule has 0 radical (unpaired) electrons. The van der Waals surface area contributed by atoms with Gasteiger partial charge in [-0.15, -0.1) is 0 Å². The summed E-state index contributed by atoms with van der Waals surface area (Å²) in [6.45, 7) is 5.03. The first-order valence-electron chi connectivity index (χ1n) is 8.28. The van der Waals surface area contributed by atoms with Gasteiger partial charge in [0, 0.05) is 51.3 Å². The molecule has 0 aliphatic carbocycles. The quantitative estimate of drug-likeness (QED) is 0.815. The predicted octanol–water partition coefficient (Wildman–Crippen LogP) is 0.502.